The van der Waals surface area contributed by atoms with Gasteiger partial charge in [0.05, 0.1) is 4.91 Å². The fourth-order valence-corrected chi connectivity index (χ4v) is 4.37. The van der Waals surface area contributed by atoms with Crippen LogP contribution in [0, 0.1) is 5.82 Å². The molecule has 0 unspecified atom stereocenters. The van der Waals surface area contributed by atoms with E-state index in [1.54, 1.807) is 11.0 Å². The molecule has 7 nitrogen and oxygen atoms in total. The molecule has 2 fully saturated rings. The van der Waals surface area contributed by atoms with Crippen LogP contribution < -0.4 is 10.2 Å². The molecule has 154 valence electrons. The van der Waals surface area contributed by atoms with Crippen molar-refractivity contribution in [3.05, 3.63) is 34.5 Å². The maximum Gasteiger partial charge on any atom is 0.415 e. The quantitative estimate of drug-likeness (QED) is 0.743. The van der Waals surface area contributed by atoms with Gasteiger partial charge in [-0.3, -0.25) is 9.80 Å². The number of rotatable bonds is 2. The lowest BCUT2D eigenvalue weighted by Gasteiger charge is -2.28. The van der Waals surface area contributed by atoms with Gasteiger partial charge in [0, 0.05) is 37.8 Å². The summed E-state index contributed by atoms with van der Waals surface area (Å²) < 4.78 is 19.3. The number of carbonyl (C=O) groups excluding carboxylic acids is 2. The molecule has 9 heteroatoms. The number of amides is 2. The number of ether oxygens (including phenoxy) is 1. The first kappa shape index (κ1) is 19.9. The van der Waals surface area contributed by atoms with E-state index in [9.17, 15) is 14.0 Å². The second-order valence-electron chi connectivity index (χ2n) is 7.17. The van der Waals surface area contributed by atoms with E-state index < -0.39 is 11.9 Å². The van der Waals surface area contributed by atoms with E-state index in [0.717, 1.165) is 45.2 Å². The first-order chi connectivity index (χ1) is 14.1. The van der Waals surface area contributed by atoms with E-state index in [2.05, 4.69) is 10.4 Å². The number of aliphatic imine (C=N–C) groups is 1. The largest absolute Gasteiger partial charge is 0.415 e. The summed E-state index contributed by atoms with van der Waals surface area (Å²) in [6.07, 6.45) is 6.20. The van der Waals surface area contributed by atoms with Crippen LogP contribution in [0.5, 0.6) is 5.75 Å². The average Bonchev–Trinajstić information content (AvgIpc) is 3.11. The van der Waals surface area contributed by atoms with Crippen LogP contribution in [0.15, 0.2) is 28.1 Å². The Balaban J connectivity index is 1.51. The topological polar surface area (TPSA) is 74.2 Å². The summed E-state index contributed by atoms with van der Waals surface area (Å²) in [7, 11) is 0. The van der Waals surface area contributed by atoms with Crippen LogP contribution >= 0.6 is 11.8 Å². The molecule has 4 rings (SSSR count). The molecular weight excluding hydrogens is 395 g/mol. The highest BCUT2D eigenvalue weighted by atomic mass is 32.2. The number of hydrogen-bond donors (Lipinski definition) is 1. The van der Waals surface area contributed by atoms with Crippen molar-refractivity contribution in [1.82, 2.24) is 15.3 Å². The van der Waals surface area contributed by atoms with Crippen molar-refractivity contribution in [2.24, 2.45) is 4.99 Å². The molecule has 3 heterocycles. The van der Waals surface area contributed by atoms with Crippen LogP contribution in [0.4, 0.5) is 9.18 Å². The number of piperidine rings is 1. The number of nitrogens with one attached hydrogen (secondary N) is 1. The third kappa shape index (κ3) is 4.79. The summed E-state index contributed by atoms with van der Waals surface area (Å²) in [6, 6.07) is 3.96. The monoisotopic (exact) mass is 418 g/mol. The zero-order valence-electron chi connectivity index (χ0n) is 16.0. The molecule has 2 amide bonds. The predicted octanol–water partition coefficient (Wildman–Crippen LogP) is 3.38. The molecule has 0 aromatic heterocycles. The van der Waals surface area contributed by atoms with Gasteiger partial charge in [0.1, 0.15) is 11.6 Å². The van der Waals surface area contributed by atoms with Gasteiger partial charge >= 0.3 is 6.09 Å². The second kappa shape index (κ2) is 8.96. The number of halogens is 1. The Morgan fingerprint density at radius 2 is 1.97 bits per heavy atom. The highest BCUT2D eigenvalue weighted by Crippen LogP contribution is 2.33. The number of amidine groups is 1. The molecular formula is C20H23FN4O3S. The minimum absolute atomic E-state index is 0.103. The molecule has 1 aromatic rings. The average molecular weight is 418 g/mol. The van der Waals surface area contributed by atoms with Crippen molar-refractivity contribution in [3.63, 3.8) is 0 Å². The fourth-order valence-electron chi connectivity index (χ4n) is 3.46. The van der Waals surface area contributed by atoms with Gasteiger partial charge in [0.2, 0.25) is 0 Å². The van der Waals surface area contributed by atoms with Crippen molar-refractivity contribution < 1.29 is 18.7 Å². The van der Waals surface area contributed by atoms with Crippen LogP contribution in [0.3, 0.4) is 0 Å². The van der Waals surface area contributed by atoms with Crippen molar-refractivity contribution in [2.45, 2.75) is 32.1 Å². The molecule has 0 spiro atoms. The van der Waals surface area contributed by atoms with E-state index in [0.29, 0.717) is 28.7 Å². The number of carbonyl (C=O) groups is 2. The number of benzene rings is 1. The number of hydrazine groups is 1. The van der Waals surface area contributed by atoms with Gasteiger partial charge in [-0.2, -0.15) is 4.99 Å². The fraction of sp³-hybridized carbons (Fsp3) is 0.450. The number of nitrogens with zero attached hydrogens (tertiary/aromatic N) is 3. The van der Waals surface area contributed by atoms with Gasteiger partial charge in [0.25, 0.3) is 5.91 Å². The van der Waals surface area contributed by atoms with Crippen molar-refractivity contribution in [1.29, 1.82) is 0 Å². The van der Waals surface area contributed by atoms with E-state index in [1.165, 1.54) is 30.0 Å². The maximum atomic E-state index is 13.8. The third-order valence-corrected chi connectivity index (χ3v) is 6.03. The lowest BCUT2D eigenvalue weighted by molar-refractivity contribution is -0.113. The molecule has 3 aliphatic heterocycles. The molecule has 0 radical (unpaired) electrons. The Hall–Kier alpha value is -2.39. The smallest absolute Gasteiger partial charge is 0.409 e. The van der Waals surface area contributed by atoms with Crippen LogP contribution in [0.2, 0.25) is 0 Å². The Kier molecular flexibility index (Phi) is 6.15. The number of hydrogen-bond acceptors (Lipinski definition) is 6. The molecule has 0 saturated carbocycles. The van der Waals surface area contributed by atoms with Gasteiger partial charge in [-0.05, 0) is 62.1 Å². The van der Waals surface area contributed by atoms with E-state index in [-0.39, 0.29) is 11.7 Å². The second-order valence-corrected chi connectivity index (χ2v) is 8.18. The van der Waals surface area contributed by atoms with Crippen molar-refractivity contribution in [2.75, 3.05) is 26.2 Å². The van der Waals surface area contributed by atoms with Crippen molar-refractivity contribution >= 4 is 35.0 Å². The Labute approximate surface area is 172 Å². The van der Waals surface area contributed by atoms with E-state index in [1.807, 2.05) is 5.01 Å². The molecule has 0 aliphatic carbocycles. The van der Waals surface area contributed by atoms with Gasteiger partial charge in [-0.1, -0.05) is 0 Å². The summed E-state index contributed by atoms with van der Waals surface area (Å²) in [5, 5.41) is 2.49. The summed E-state index contributed by atoms with van der Waals surface area (Å²) in [4.78, 5) is 31.0. The predicted molar refractivity (Wildman–Crippen MR) is 110 cm³/mol. The molecule has 1 N–H and O–H groups in total. The first-order valence-electron chi connectivity index (χ1n) is 9.90. The zero-order valence-corrected chi connectivity index (χ0v) is 16.8. The lowest BCUT2D eigenvalue weighted by Crippen LogP contribution is -2.45. The van der Waals surface area contributed by atoms with Crippen LogP contribution in [-0.2, 0) is 4.79 Å². The lowest BCUT2D eigenvalue weighted by atomic mass is 10.1. The van der Waals surface area contributed by atoms with Crippen LogP contribution in [-0.4, -0.2) is 53.3 Å². The van der Waals surface area contributed by atoms with Crippen LogP contribution in [0.25, 0.3) is 6.08 Å². The molecule has 3 aliphatic rings. The Morgan fingerprint density at radius 1 is 1.17 bits per heavy atom. The molecule has 0 atom stereocenters. The Bertz CT molecular complexity index is 861. The van der Waals surface area contributed by atoms with Crippen molar-refractivity contribution in [3.8, 4) is 5.75 Å². The first-order valence-corrected chi connectivity index (χ1v) is 10.7. The zero-order chi connectivity index (χ0) is 20.2. The molecule has 0 bridgehead atoms. The summed E-state index contributed by atoms with van der Waals surface area (Å²) in [6.45, 7) is 2.92. The van der Waals surface area contributed by atoms with Gasteiger partial charge in [-0.15, -0.1) is 0 Å². The highest BCUT2D eigenvalue weighted by Gasteiger charge is 2.28. The van der Waals surface area contributed by atoms with Gasteiger partial charge in [0.15, 0.2) is 5.17 Å². The number of thioether (sulfide) groups is 1. The molecule has 29 heavy (non-hydrogen) atoms. The van der Waals surface area contributed by atoms with Gasteiger partial charge in [-0.25, -0.2) is 14.6 Å². The highest BCUT2D eigenvalue weighted by molar-refractivity contribution is 8.18. The molecule has 2 saturated heterocycles. The maximum absolute atomic E-state index is 13.8. The third-order valence-electron chi connectivity index (χ3n) is 5.03. The number of likely N-dealkylation sites (tertiary alicyclic amines) is 1. The van der Waals surface area contributed by atoms with E-state index in [4.69, 9.17) is 4.74 Å². The summed E-state index contributed by atoms with van der Waals surface area (Å²) in [5.41, 5.74) is 3.69. The van der Waals surface area contributed by atoms with Gasteiger partial charge < -0.3 is 9.64 Å². The van der Waals surface area contributed by atoms with E-state index >= 15 is 0 Å². The normalized spacial score (nSPS) is 21.5. The molecule has 1 aromatic carbocycles. The van der Waals surface area contributed by atoms with Crippen LogP contribution in [0.1, 0.15) is 37.7 Å². The minimum atomic E-state index is -0.506. The Morgan fingerprint density at radius 3 is 2.72 bits per heavy atom. The SMILES string of the molecule is O=C1N=C(N2CCCCN2)S/C1=C\c1ccc(F)cc1OC(=O)N1CCCCC1. The minimum Gasteiger partial charge on any atom is -0.409 e. The summed E-state index contributed by atoms with van der Waals surface area (Å²) in [5.74, 6) is -0.755. The summed E-state index contributed by atoms with van der Waals surface area (Å²) >= 11 is 1.26. The standard InChI is InChI=1S/C20H23FN4O3S/c21-15-7-6-14(16(13-15)28-20(27)24-9-3-1-4-10-24)12-17-18(26)23-19(29-17)25-11-5-2-8-22-25/h6-7,12-13,22H,1-5,8-11H2/b17-12-.